The molecule has 1 nitrogen and oxygen atoms in total. The van der Waals surface area contributed by atoms with Crippen LogP contribution in [0.15, 0.2) is 18.2 Å². The average molecular weight is 221 g/mol. The second-order valence-electron chi connectivity index (χ2n) is 3.24. The van der Waals surface area contributed by atoms with E-state index in [1.165, 1.54) is 0 Å². The Morgan fingerprint density at radius 1 is 1.27 bits per heavy atom. The molecule has 15 heavy (non-hydrogen) atoms. The van der Waals surface area contributed by atoms with Crippen LogP contribution < -0.4 is 5.32 Å². The summed E-state index contributed by atoms with van der Waals surface area (Å²) in [5, 5.41) is 2.76. The summed E-state index contributed by atoms with van der Waals surface area (Å²) in [4.78, 5) is 0. The van der Waals surface area contributed by atoms with Gasteiger partial charge in [0.1, 0.15) is 5.82 Å². The van der Waals surface area contributed by atoms with Crippen LogP contribution >= 0.6 is 0 Å². The van der Waals surface area contributed by atoms with Crippen LogP contribution in [0.3, 0.4) is 0 Å². The standard InChI is InChI=1S/C10H11F4N/c1-6(15-2)8-4-3-7(5-9(8)11)10(12,13)14/h3-6,15H,1-2H3/t6-/m1/s1. The molecule has 1 rings (SSSR count). The van der Waals surface area contributed by atoms with Crippen LogP contribution in [0.4, 0.5) is 17.6 Å². The minimum absolute atomic E-state index is 0.227. The van der Waals surface area contributed by atoms with E-state index in [1.54, 1.807) is 14.0 Å². The fourth-order valence-electron chi connectivity index (χ4n) is 1.21. The van der Waals surface area contributed by atoms with E-state index in [-0.39, 0.29) is 11.6 Å². The molecule has 1 aromatic rings. The fourth-order valence-corrected chi connectivity index (χ4v) is 1.21. The Labute approximate surface area is 85.1 Å². The minimum Gasteiger partial charge on any atom is -0.313 e. The summed E-state index contributed by atoms with van der Waals surface area (Å²) in [6.45, 7) is 1.67. The van der Waals surface area contributed by atoms with Crippen molar-refractivity contribution in [2.75, 3.05) is 7.05 Å². The van der Waals surface area contributed by atoms with Gasteiger partial charge in [-0.05, 0) is 26.1 Å². The highest BCUT2D eigenvalue weighted by molar-refractivity contribution is 5.28. The van der Waals surface area contributed by atoms with E-state index in [1.807, 2.05) is 0 Å². The molecule has 0 amide bonds. The predicted molar refractivity (Wildman–Crippen MR) is 48.9 cm³/mol. The van der Waals surface area contributed by atoms with Gasteiger partial charge in [-0.15, -0.1) is 0 Å². The Balaban J connectivity index is 3.09. The van der Waals surface area contributed by atoms with Gasteiger partial charge in [0, 0.05) is 11.6 Å². The lowest BCUT2D eigenvalue weighted by molar-refractivity contribution is -0.137. The molecule has 84 valence electrons. The van der Waals surface area contributed by atoms with E-state index in [0.29, 0.717) is 6.07 Å². The van der Waals surface area contributed by atoms with Crippen molar-refractivity contribution in [1.82, 2.24) is 5.32 Å². The Morgan fingerprint density at radius 3 is 2.27 bits per heavy atom. The van der Waals surface area contributed by atoms with E-state index >= 15 is 0 Å². The first-order valence-corrected chi connectivity index (χ1v) is 4.40. The third-order valence-electron chi connectivity index (χ3n) is 2.23. The van der Waals surface area contributed by atoms with Gasteiger partial charge in [-0.1, -0.05) is 6.07 Å². The van der Waals surface area contributed by atoms with Crippen LogP contribution in [-0.2, 0) is 6.18 Å². The van der Waals surface area contributed by atoms with Gasteiger partial charge in [-0.2, -0.15) is 13.2 Å². The minimum atomic E-state index is -4.50. The van der Waals surface area contributed by atoms with Crippen molar-refractivity contribution in [3.05, 3.63) is 35.1 Å². The highest BCUT2D eigenvalue weighted by Crippen LogP contribution is 2.31. The summed E-state index contributed by atoms with van der Waals surface area (Å²) < 4.78 is 49.9. The van der Waals surface area contributed by atoms with Gasteiger partial charge in [0.05, 0.1) is 5.56 Å². The first-order chi connectivity index (χ1) is 6.86. The lowest BCUT2D eigenvalue weighted by Gasteiger charge is -2.13. The third-order valence-corrected chi connectivity index (χ3v) is 2.23. The molecule has 1 N–H and O–H groups in total. The van der Waals surface area contributed by atoms with Crippen LogP contribution in [0.25, 0.3) is 0 Å². The summed E-state index contributed by atoms with van der Waals surface area (Å²) in [6.07, 6.45) is -4.50. The largest absolute Gasteiger partial charge is 0.416 e. The van der Waals surface area contributed by atoms with Crippen molar-refractivity contribution in [2.45, 2.75) is 19.1 Å². The molecule has 0 aliphatic rings. The summed E-state index contributed by atoms with van der Waals surface area (Å²) in [5.74, 6) is -0.841. The van der Waals surface area contributed by atoms with Gasteiger partial charge in [0.15, 0.2) is 0 Å². The normalized spacial score (nSPS) is 14.0. The van der Waals surface area contributed by atoms with Gasteiger partial charge in [-0.3, -0.25) is 0 Å². The van der Waals surface area contributed by atoms with Crippen molar-refractivity contribution in [2.24, 2.45) is 0 Å². The second-order valence-corrected chi connectivity index (χ2v) is 3.24. The maximum atomic E-state index is 13.3. The molecular formula is C10H11F4N. The van der Waals surface area contributed by atoms with Crippen molar-refractivity contribution in [3.8, 4) is 0 Å². The molecule has 1 aromatic carbocycles. The zero-order chi connectivity index (χ0) is 11.6. The van der Waals surface area contributed by atoms with Gasteiger partial charge >= 0.3 is 6.18 Å². The molecule has 0 spiro atoms. The maximum absolute atomic E-state index is 13.3. The van der Waals surface area contributed by atoms with E-state index in [2.05, 4.69) is 5.32 Å². The summed E-state index contributed by atoms with van der Waals surface area (Å²) in [6, 6.07) is 2.24. The molecule has 0 bridgehead atoms. The monoisotopic (exact) mass is 221 g/mol. The Hall–Kier alpha value is -1.10. The van der Waals surface area contributed by atoms with Gasteiger partial charge in [0.2, 0.25) is 0 Å². The molecule has 0 aliphatic carbocycles. The molecule has 0 saturated carbocycles. The zero-order valence-corrected chi connectivity index (χ0v) is 8.32. The van der Waals surface area contributed by atoms with E-state index in [0.717, 1.165) is 12.1 Å². The quantitative estimate of drug-likeness (QED) is 0.756. The van der Waals surface area contributed by atoms with Crippen LogP contribution in [0.5, 0.6) is 0 Å². The maximum Gasteiger partial charge on any atom is 0.416 e. The van der Waals surface area contributed by atoms with Crippen molar-refractivity contribution in [1.29, 1.82) is 0 Å². The van der Waals surface area contributed by atoms with Gasteiger partial charge in [-0.25, -0.2) is 4.39 Å². The zero-order valence-electron chi connectivity index (χ0n) is 8.32. The molecule has 0 heterocycles. The number of benzene rings is 1. The van der Waals surface area contributed by atoms with Crippen molar-refractivity contribution >= 4 is 0 Å². The first-order valence-electron chi connectivity index (χ1n) is 4.40. The number of halogens is 4. The lowest BCUT2D eigenvalue weighted by Crippen LogP contribution is -2.15. The average Bonchev–Trinajstić information content (AvgIpc) is 2.15. The molecule has 1 atom stereocenters. The number of alkyl halides is 3. The van der Waals surface area contributed by atoms with Crippen molar-refractivity contribution in [3.63, 3.8) is 0 Å². The molecule has 0 radical (unpaired) electrons. The number of nitrogens with one attached hydrogen (secondary N) is 1. The van der Waals surface area contributed by atoms with E-state index in [4.69, 9.17) is 0 Å². The Morgan fingerprint density at radius 2 is 1.87 bits per heavy atom. The number of hydrogen-bond donors (Lipinski definition) is 1. The van der Waals surface area contributed by atoms with Crippen molar-refractivity contribution < 1.29 is 17.6 Å². The first kappa shape index (κ1) is 12.0. The summed E-state index contributed by atoms with van der Waals surface area (Å²) >= 11 is 0. The molecule has 0 saturated heterocycles. The highest BCUT2D eigenvalue weighted by Gasteiger charge is 2.31. The molecule has 5 heteroatoms. The third kappa shape index (κ3) is 2.68. The van der Waals surface area contributed by atoms with Gasteiger partial charge < -0.3 is 5.32 Å². The SMILES string of the molecule is CN[C@H](C)c1ccc(C(F)(F)F)cc1F. The molecule has 0 aromatic heterocycles. The van der Waals surface area contributed by atoms with Crippen LogP contribution in [-0.4, -0.2) is 7.05 Å². The molecule has 0 unspecified atom stereocenters. The topological polar surface area (TPSA) is 12.0 Å². The van der Waals surface area contributed by atoms with Crippen LogP contribution in [0, 0.1) is 5.82 Å². The van der Waals surface area contributed by atoms with Gasteiger partial charge in [0.25, 0.3) is 0 Å². The molecular weight excluding hydrogens is 210 g/mol. The predicted octanol–water partition coefficient (Wildman–Crippen LogP) is 3.12. The smallest absolute Gasteiger partial charge is 0.313 e. The highest BCUT2D eigenvalue weighted by atomic mass is 19.4. The van der Waals surface area contributed by atoms with Crippen LogP contribution in [0.2, 0.25) is 0 Å². The Bertz CT molecular complexity index is 346. The molecule has 0 fully saturated rings. The van der Waals surface area contributed by atoms with E-state index < -0.39 is 17.6 Å². The summed E-state index contributed by atoms with van der Waals surface area (Å²) in [7, 11) is 1.61. The van der Waals surface area contributed by atoms with E-state index in [9.17, 15) is 17.6 Å². The fraction of sp³-hybridized carbons (Fsp3) is 0.400. The Kier molecular flexibility index (Phi) is 3.34. The molecule has 0 aliphatic heterocycles. The van der Waals surface area contributed by atoms with Crippen LogP contribution in [0.1, 0.15) is 24.1 Å². The summed E-state index contributed by atoms with van der Waals surface area (Å²) in [5.41, 5.74) is -0.738. The number of rotatable bonds is 2. The number of hydrogen-bond acceptors (Lipinski definition) is 1. The second kappa shape index (κ2) is 4.18. The lowest BCUT2D eigenvalue weighted by atomic mass is 10.1.